The van der Waals surface area contributed by atoms with Gasteiger partial charge in [-0.15, -0.1) is 0 Å². The van der Waals surface area contributed by atoms with E-state index in [1.165, 1.54) is 0 Å². The van der Waals surface area contributed by atoms with Crippen LogP contribution >= 0.6 is 15.9 Å². The molecular formula is C7H11BrF2. The molecule has 10 heavy (non-hydrogen) atoms. The Morgan fingerprint density at radius 2 is 2.00 bits per heavy atom. The lowest BCUT2D eigenvalue weighted by Crippen LogP contribution is -2.17. The maximum absolute atomic E-state index is 12.6. The summed E-state index contributed by atoms with van der Waals surface area (Å²) >= 11 is 3.25. The molecule has 1 fully saturated rings. The number of alkyl halides is 3. The van der Waals surface area contributed by atoms with Gasteiger partial charge in [-0.05, 0) is 11.8 Å². The fraction of sp³-hybridized carbons (Fsp3) is 1.00. The molecule has 0 bridgehead atoms. The van der Waals surface area contributed by atoms with Crippen molar-refractivity contribution in [1.82, 2.24) is 0 Å². The van der Waals surface area contributed by atoms with Crippen molar-refractivity contribution in [2.24, 2.45) is 5.41 Å². The Balaban J connectivity index is 2.57. The predicted octanol–water partition coefficient (Wildman–Crippen LogP) is 3.21. The van der Waals surface area contributed by atoms with Crippen LogP contribution in [0.1, 0.15) is 26.2 Å². The molecular weight excluding hydrogens is 202 g/mol. The monoisotopic (exact) mass is 212 g/mol. The van der Waals surface area contributed by atoms with E-state index in [-0.39, 0.29) is 18.3 Å². The van der Waals surface area contributed by atoms with Crippen molar-refractivity contribution in [2.75, 3.05) is 5.33 Å². The van der Waals surface area contributed by atoms with Crippen molar-refractivity contribution < 1.29 is 8.78 Å². The van der Waals surface area contributed by atoms with Crippen LogP contribution in [-0.2, 0) is 0 Å². The van der Waals surface area contributed by atoms with Crippen LogP contribution in [0.5, 0.6) is 0 Å². The molecule has 1 rings (SSSR count). The largest absolute Gasteiger partial charge is 0.248 e. The summed E-state index contributed by atoms with van der Waals surface area (Å²) in [6.45, 7) is 1.91. The molecule has 0 spiro atoms. The van der Waals surface area contributed by atoms with Crippen LogP contribution in [0.25, 0.3) is 0 Å². The first-order valence-electron chi connectivity index (χ1n) is 3.41. The van der Waals surface area contributed by atoms with Gasteiger partial charge in [-0.25, -0.2) is 8.78 Å². The molecule has 0 amide bonds. The molecule has 0 aromatic carbocycles. The van der Waals surface area contributed by atoms with Gasteiger partial charge in [0.25, 0.3) is 0 Å². The van der Waals surface area contributed by atoms with E-state index >= 15 is 0 Å². The molecule has 1 atom stereocenters. The minimum absolute atomic E-state index is 0.0469. The van der Waals surface area contributed by atoms with Crippen LogP contribution in [-0.4, -0.2) is 11.3 Å². The van der Waals surface area contributed by atoms with E-state index in [1.807, 2.05) is 6.92 Å². The zero-order valence-corrected chi connectivity index (χ0v) is 7.55. The first kappa shape index (κ1) is 8.44. The van der Waals surface area contributed by atoms with Crippen molar-refractivity contribution in [2.45, 2.75) is 32.1 Å². The van der Waals surface area contributed by atoms with Crippen molar-refractivity contribution in [3.63, 3.8) is 0 Å². The summed E-state index contributed by atoms with van der Waals surface area (Å²) in [7, 11) is 0. The fourth-order valence-corrected chi connectivity index (χ4v) is 1.88. The van der Waals surface area contributed by atoms with E-state index in [0.29, 0.717) is 11.8 Å². The van der Waals surface area contributed by atoms with Gasteiger partial charge in [0, 0.05) is 18.2 Å². The van der Waals surface area contributed by atoms with E-state index in [0.717, 1.165) is 0 Å². The molecule has 0 radical (unpaired) electrons. The number of rotatable bonds is 1. The van der Waals surface area contributed by atoms with Crippen LogP contribution in [0.15, 0.2) is 0 Å². The average Bonchev–Trinajstić information content (AvgIpc) is 2.08. The van der Waals surface area contributed by atoms with Gasteiger partial charge < -0.3 is 0 Å². The van der Waals surface area contributed by atoms with E-state index in [1.54, 1.807) is 0 Å². The van der Waals surface area contributed by atoms with E-state index < -0.39 is 5.92 Å². The van der Waals surface area contributed by atoms with Crippen molar-refractivity contribution in [3.05, 3.63) is 0 Å². The van der Waals surface area contributed by atoms with Crippen LogP contribution in [0.4, 0.5) is 8.78 Å². The van der Waals surface area contributed by atoms with Gasteiger partial charge in [0.05, 0.1) is 0 Å². The van der Waals surface area contributed by atoms with Gasteiger partial charge in [-0.1, -0.05) is 22.9 Å². The Bertz CT molecular complexity index is 136. The molecule has 0 aromatic rings. The Hall–Kier alpha value is 0.340. The summed E-state index contributed by atoms with van der Waals surface area (Å²) in [5.41, 5.74) is -0.163. The maximum Gasteiger partial charge on any atom is 0.248 e. The molecule has 0 saturated heterocycles. The zero-order valence-electron chi connectivity index (χ0n) is 5.96. The molecule has 1 unspecified atom stereocenters. The normalized spacial score (nSPS) is 38.4. The standard InChI is InChI=1S/C7H11BrF2/c1-6(5-8)2-3-7(9,10)4-6/h2-5H2,1H3. The lowest BCUT2D eigenvalue weighted by atomic mass is 9.92. The van der Waals surface area contributed by atoms with Gasteiger partial charge in [0.1, 0.15) is 0 Å². The highest BCUT2D eigenvalue weighted by Gasteiger charge is 2.45. The molecule has 3 heteroatoms. The minimum atomic E-state index is -2.40. The summed E-state index contributed by atoms with van der Waals surface area (Å²) in [5, 5.41) is 0.690. The number of hydrogen-bond donors (Lipinski definition) is 0. The van der Waals surface area contributed by atoms with Crippen LogP contribution in [0, 0.1) is 5.41 Å². The molecule has 1 aliphatic carbocycles. The highest BCUT2D eigenvalue weighted by atomic mass is 79.9. The molecule has 1 saturated carbocycles. The summed E-state index contributed by atoms with van der Waals surface area (Å²) < 4.78 is 25.2. The summed E-state index contributed by atoms with van der Waals surface area (Å²) in [6.07, 6.45) is 0.756. The van der Waals surface area contributed by atoms with E-state index in [4.69, 9.17) is 0 Å². The third kappa shape index (κ3) is 1.68. The molecule has 0 aromatic heterocycles. The van der Waals surface area contributed by atoms with E-state index in [9.17, 15) is 8.78 Å². The average molecular weight is 213 g/mol. The summed E-state index contributed by atoms with van der Waals surface area (Å²) in [6, 6.07) is 0. The van der Waals surface area contributed by atoms with Crippen molar-refractivity contribution in [3.8, 4) is 0 Å². The van der Waals surface area contributed by atoms with Crippen molar-refractivity contribution >= 4 is 15.9 Å². The molecule has 0 nitrogen and oxygen atoms in total. The third-order valence-corrected chi connectivity index (χ3v) is 3.46. The second-order valence-corrected chi connectivity index (χ2v) is 4.04. The Morgan fingerprint density at radius 1 is 1.40 bits per heavy atom. The predicted molar refractivity (Wildman–Crippen MR) is 40.7 cm³/mol. The summed E-state index contributed by atoms with van der Waals surface area (Å²) in [5.74, 6) is -2.40. The lowest BCUT2D eigenvalue weighted by molar-refractivity contribution is -0.00000954. The minimum Gasteiger partial charge on any atom is -0.207 e. The number of hydrogen-bond acceptors (Lipinski definition) is 0. The molecule has 0 heterocycles. The highest BCUT2D eigenvalue weighted by Crippen LogP contribution is 2.47. The third-order valence-electron chi connectivity index (χ3n) is 2.10. The Morgan fingerprint density at radius 3 is 2.20 bits per heavy atom. The zero-order chi connectivity index (χ0) is 7.83. The SMILES string of the molecule is CC1(CBr)CCC(F)(F)C1. The van der Waals surface area contributed by atoms with Gasteiger partial charge in [0.15, 0.2) is 0 Å². The first-order chi connectivity index (χ1) is 4.47. The summed E-state index contributed by atoms with van der Waals surface area (Å²) in [4.78, 5) is 0. The second-order valence-electron chi connectivity index (χ2n) is 3.48. The second kappa shape index (κ2) is 2.43. The quantitative estimate of drug-likeness (QED) is 0.586. The maximum atomic E-state index is 12.6. The number of halogens is 3. The van der Waals surface area contributed by atoms with Gasteiger partial charge in [0.2, 0.25) is 5.92 Å². The Labute approximate surface area is 68.1 Å². The van der Waals surface area contributed by atoms with E-state index in [2.05, 4.69) is 15.9 Å². The first-order valence-corrected chi connectivity index (χ1v) is 4.53. The van der Waals surface area contributed by atoms with Crippen molar-refractivity contribution in [1.29, 1.82) is 0 Å². The van der Waals surface area contributed by atoms with Crippen LogP contribution in [0.2, 0.25) is 0 Å². The molecule has 0 N–H and O–H groups in total. The van der Waals surface area contributed by atoms with Gasteiger partial charge in [-0.2, -0.15) is 0 Å². The van der Waals surface area contributed by atoms with Gasteiger partial charge >= 0.3 is 0 Å². The lowest BCUT2D eigenvalue weighted by Gasteiger charge is -2.19. The van der Waals surface area contributed by atoms with Crippen LogP contribution in [0.3, 0.4) is 0 Å². The smallest absolute Gasteiger partial charge is 0.207 e. The molecule has 1 aliphatic rings. The Kier molecular flexibility index (Phi) is 2.05. The fourth-order valence-electron chi connectivity index (χ4n) is 1.40. The highest BCUT2D eigenvalue weighted by molar-refractivity contribution is 9.09. The van der Waals surface area contributed by atoms with Gasteiger partial charge in [-0.3, -0.25) is 0 Å². The molecule has 60 valence electrons. The van der Waals surface area contributed by atoms with Crippen LogP contribution < -0.4 is 0 Å². The topological polar surface area (TPSA) is 0 Å². The molecule has 0 aliphatic heterocycles.